The second kappa shape index (κ2) is 4.56. The Balaban J connectivity index is 2.13. The normalized spacial score (nSPS) is 10.8. The average Bonchev–Trinajstić information content (AvgIpc) is 3.07. The molecule has 0 saturated carbocycles. The fourth-order valence-electron chi connectivity index (χ4n) is 1.84. The maximum absolute atomic E-state index is 11.7. The first-order valence-corrected chi connectivity index (χ1v) is 5.83. The number of aromatic nitrogens is 3. The molecule has 0 unspecified atom stereocenters. The molecule has 3 aromatic heterocycles. The predicted octanol–water partition coefficient (Wildman–Crippen LogP) is 2.17. The number of fused-ring (bicyclic) bond motifs is 1. The number of hydrogen-bond acceptors (Lipinski definition) is 5. The largest absolute Gasteiger partial charge is 0.472 e. The second-order valence-electron chi connectivity index (χ2n) is 3.86. The Kier molecular flexibility index (Phi) is 2.75. The predicted molar refractivity (Wildman–Crippen MR) is 66.6 cm³/mol. The Morgan fingerprint density at radius 1 is 1.47 bits per heavy atom. The molecule has 3 aromatic rings. The van der Waals surface area contributed by atoms with Crippen LogP contribution in [0.4, 0.5) is 0 Å². The minimum atomic E-state index is -0.453. The number of nitrogens with zero attached hydrogens (tertiary/aromatic N) is 3. The summed E-state index contributed by atoms with van der Waals surface area (Å²) in [5, 5.41) is 0. The van der Waals surface area contributed by atoms with E-state index >= 15 is 0 Å². The van der Waals surface area contributed by atoms with Crippen molar-refractivity contribution in [1.82, 2.24) is 14.4 Å². The van der Waals surface area contributed by atoms with Gasteiger partial charge in [-0.05, 0) is 19.1 Å². The van der Waals surface area contributed by atoms with Gasteiger partial charge in [-0.15, -0.1) is 0 Å². The van der Waals surface area contributed by atoms with Gasteiger partial charge in [-0.1, -0.05) is 0 Å². The van der Waals surface area contributed by atoms with Gasteiger partial charge in [0.1, 0.15) is 0 Å². The van der Waals surface area contributed by atoms with Crippen LogP contribution < -0.4 is 0 Å². The molecular weight excluding hydrogens is 246 g/mol. The molecule has 0 atom stereocenters. The Bertz CT molecular complexity index is 716. The number of furan rings is 1. The quantitative estimate of drug-likeness (QED) is 0.672. The lowest BCUT2D eigenvalue weighted by atomic mass is 10.2. The highest BCUT2D eigenvalue weighted by Gasteiger charge is 2.14. The van der Waals surface area contributed by atoms with Gasteiger partial charge in [-0.2, -0.15) is 0 Å². The van der Waals surface area contributed by atoms with Gasteiger partial charge >= 0.3 is 5.97 Å². The number of carbonyl (C=O) groups is 1. The summed E-state index contributed by atoms with van der Waals surface area (Å²) in [6.07, 6.45) is 6.46. The number of imidazole rings is 1. The van der Waals surface area contributed by atoms with Crippen LogP contribution in [-0.4, -0.2) is 26.9 Å². The highest BCUT2D eigenvalue weighted by atomic mass is 16.5. The van der Waals surface area contributed by atoms with E-state index < -0.39 is 5.97 Å². The lowest BCUT2D eigenvalue weighted by molar-refractivity contribution is 0.0520. The van der Waals surface area contributed by atoms with Crippen molar-refractivity contribution >= 4 is 11.7 Å². The van der Waals surface area contributed by atoms with Crippen molar-refractivity contribution in [2.24, 2.45) is 0 Å². The summed E-state index contributed by atoms with van der Waals surface area (Å²) in [6, 6.07) is 3.66. The van der Waals surface area contributed by atoms with Crippen molar-refractivity contribution in [3.05, 3.63) is 42.7 Å². The highest BCUT2D eigenvalue weighted by molar-refractivity contribution is 5.88. The molecule has 6 heteroatoms. The molecule has 96 valence electrons. The third-order valence-corrected chi connectivity index (χ3v) is 2.67. The fourth-order valence-corrected chi connectivity index (χ4v) is 1.84. The first-order chi connectivity index (χ1) is 9.29. The Labute approximate surface area is 108 Å². The maximum Gasteiger partial charge on any atom is 0.358 e. The van der Waals surface area contributed by atoms with E-state index in [0.29, 0.717) is 12.4 Å². The summed E-state index contributed by atoms with van der Waals surface area (Å²) in [7, 11) is 0. The Morgan fingerprint density at radius 3 is 3.11 bits per heavy atom. The molecule has 0 aliphatic heterocycles. The summed E-state index contributed by atoms with van der Waals surface area (Å²) in [5.41, 5.74) is 1.98. The van der Waals surface area contributed by atoms with Crippen LogP contribution >= 0.6 is 0 Å². The zero-order valence-electron chi connectivity index (χ0n) is 10.2. The third-order valence-electron chi connectivity index (χ3n) is 2.67. The highest BCUT2D eigenvalue weighted by Crippen LogP contribution is 2.20. The minimum absolute atomic E-state index is 0.241. The molecule has 19 heavy (non-hydrogen) atoms. The van der Waals surface area contributed by atoms with Crippen LogP contribution in [0.2, 0.25) is 0 Å². The number of carbonyl (C=O) groups excluding carboxylic acids is 1. The van der Waals surface area contributed by atoms with Crippen LogP contribution in [0.15, 0.2) is 41.5 Å². The van der Waals surface area contributed by atoms with Crippen LogP contribution in [0.1, 0.15) is 17.4 Å². The van der Waals surface area contributed by atoms with Gasteiger partial charge < -0.3 is 9.15 Å². The van der Waals surface area contributed by atoms with Gasteiger partial charge in [0.25, 0.3) is 0 Å². The summed E-state index contributed by atoms with van der Waals surface area (Å²) in [6.45, 7) is 2.07. The van der Waals surface area contributed by atoms with Crippen LogP contribution in [0.5, 0.6) is 0 Å². The molecular formula is C13H11N3O3. The van der Waals surface area contributed by atoms with Gasteiger partial charge in [-0.25, -0.2) is 14.8 Å². The van der Waals surface area contributed by atoms with Gasteiger partial charge in [-0.3, -0.25) is 4.40 Å². The molecule has 0 N–H and O–H groups in total. The summed E-state index contributed by atoms with van der Waals surface area (Å²) in [5.74, 6) is -0.00658. The number of rotatable bonds is 3. The van der Waals surface area contributed by atoms with Crippen molar-refractivity contribution in [2.75, 3.05) is 6.61 Å². The van der Waals surface area contributed by atoms with E-state index in [1.165, 1.54) is 0 Å². The molecule has 0 aliphatic rings. The minimum Gasteiger partial charge on any atom is -0.472 e. The van der Waals surface area contributed by atoms with Crippen molar-refractivity contribution in [3.63, 3.8) is 0 Å². The second-order valence-corrected chi connectivity index (χ2v) is 3.86. The summed E-state index contributed by atoms with van der Waals surface area (Å²) >= 11 is 0. The molecule has 3 heterocycles. The summed E-state index contributed by atoms with van der Waals surface area (Å²) in [4.78, 5) is 19.9. The molecule has 0 aliphatic carbocycles. The first kappa shape index (κ1) is 11.5. The SMILES string of the molecule is CCOC(=O)c1cn2c(-c3ccoc3)ccnc2n1. The monoisotopic (exact) mass is 257 g/mol. The molecule has 3 rings (SSSR count). The Hall–Kier alpha value is -2.63. The standard InChI is InChI=1S/C13H11N3O3/c1-2-19-12(17)10-7-16-11(9-4-6-18-8-9)3-5-14-13(16)15-10/h3-8H,2H2,1H3. The van der Waals surface area contributed by atoms with Crippen LogP contribution in [-0.2, 0) is 4.74 Å². The van der Waals surface area contributed by atoms with Gasteiger partial charge in [0.05, 0.1) is 24.8 Å². The Morgan fingerprint density at radius 2 is 2.37 bits per heavy atom. The molecule has 0 spiro atoms. The van der Waals surface area contributed by atoms with Crippen molar-refractivity contribution in [3.8, 4) is 11.3 Å². The van der Waals surface area contributed by atoms with Gasteiger partial charge in [0.2, 0.25) is 5.78 Å². The van der Waals surface area contributed by atoms with Crippen LogP contribution in [0, 0.1) is 0 Å². The van der Waals surface area contributed by atoms with Crippen molar-refractivity contribution < 1.29 is 13.9 Å². The van der Waals surface area contributed by atoms with E-state index in [2.05, 4.69) is 9.97 Å². The zero-order valence-corrected chi connectivity index (χ0v) is 10.2. The smallest absolute Gasteiger partial charge is 0.358 e. The lowest BCUT2D eigenvalue weighted by Crippen LogP contribution is -2.04. The molecule has 0 amide bonds. The van der Waals surface area contributed by atoms with Crippen LogP contribution in [0.25, 0.3) is 17.0 Å². The number of hydrogen-bond donors (Lipinski definition) is 0. The topological polar surface area (TPSA) is 69.6 Å². The fraction of sp³-hybridized carbons (Fsp3) is 0.154. The molecule has 6 nitrogen and oxygen atoms in total. The average molecular weight is 257 g/mol. The molecule has 0 radical (unpaired) electrons. The zero-order chi connectivity index (χ0) is 13.2. The van der Waals surface area contributed by atoms with E-state index in [1.54, 1.807) is 36.2 Å². The van der Waals surface area contributed by atoms with E-state index in [9.17, 15) is 4.79 Å². The molecule has 0 fully saturated rings. The number of ether oxygens (including phenoxy) is 1. The van der Waals surface area contributed by atoms with Crippen molar-refractivity contribution in [1.29, 1.82) is 0 Å². The first-order valence-electron chi connectivity index (χ1n) is 5.83. The van der Waals surface area contributed by atoms with E-state index in [1.807, 2.05) is 12.1 Å². The molecule has 0 bridgehead atoms. The number of esters is 1. The van der Waals surface area contributed by atoms with E-state index in [4.69, 9.17) is 9.15 Å². The van der Waals surface area contributed by atoms with Crippen molar-refractivity contribution in [2.45, 2.75) is 6.92 Å². The molecule has 0 aromatic carbocycles. The van der Waals surface area contributed by atoms with Gasteiger partial charge in [0, 0.05) is 18.0 Å². The van der Waals surface area contributed by atoms with Gasteiger partial charge in [0.15, 0.2) is 5.69 Å². The molecule has 0 saturated heterocycles. The van der Waals surface area contributed by atoms with Crippen LogP contribution in [0.3, 0.4) is 0 Å². The maximum atomic E-state index is 11.7. The lowest BCUT2D eigenvalue weighted by Gasteiger charge is -2.00. The third kappa shape index (κ3) is 1.97. The van der Waals surface area contributed by atoms with E-state index in [-0.39, 0.29) is 5.69 Å². The van der Waals surface area contributed by atoms with E-state index in [0.717, 1.165) is 11.3 Å². The summed E-state index contributed by atoms with van der Waals surface area (Å²) < 4.78 is 11.7.